The first-order valence-corrected chi connectivity index (χ1v) is 7.79. The first-order valence-electron chi connectivity index (χ1n) is 7.79. The zero-order valence-corrected chi connectivity index (χ0v) is 13.2. The lowest BCUT2D eigenvalue weighted by molar-refractivity contribution is -0.145. The Bertz CT molecular complexity index is 1120. The monoisotopic (exact) mass is 334 g/mol. The molecule has 0 saturated heterocycles. The minimum absolute atomic E-state index is 0.0950. The molecule has 0 bridgehead atoms. The van der Waals surface area contributed by atoms with Crippen molar-refractivity contribution in [2.45, 2.75) is 13.2 Å². The lowest BCUT2D eigenvalue weighted by Gasteiger charge is -2.07. The predicted molar refractivity (Wildman–Crippen MR) is 92.0 cm³/mol. The summed E-state index contributed by atoms with van der Waals surface area (Å²) in [5.41, 5.74) is 2.62. The highest BCUT2D eigenvalue weighted by Gasteiger charge is 2.13. The van der Waals surface area contributed by atoms with Gasteiger partial charge in [0.1, 0.15) is 13.2 Å². The van der Waals surface area contributed by atoms with E-state index in [0.717, 1.165) is 16.5 Å². The van der Waals surface area contributed by atoms with Gasteiger partial charge in [-0.2, -0.15) is 0 Å². The topological polar surface area (TPSA) is 74.3 Å². The van der Waals surface area contributed by atoms with Gasteiger partial charge in [0.15, 0.2) is 5.58 Å². The molecule has 124 valence electrons. The zero-order chi connectivity index (χ0) is 17.2. The van der Waals surface area contributed by atoms with Gasteiger partial charge in [-0.15, -0.1) is 0 Å². The Balaban J connectivity index is 1.52. The molecule has 0 atom stereocenters. The number of ether oxygens (including phenoxy) is 1. The number of para-hydroxylation sites is 3. The lowest BCUT2D eigenvalue weighted by atomic mass is 10.1. The molecule has 4 rings (SSSR count). The van der Waals surface area contributed by atoms with Gasteiger partial charge in [0.25, 0.3) is 0 Å². The molecule has 0 amide bonds. The molecule has 2 heterocycles. The molecule has 0 spiro atoms. The number of carbonyl (C=O) groups is 1. The maximum atomic E-state index is 12.2. The van der Waals surface area contributed by atoms with Crippen LogP contribution in [0, 0.1) is 0 Å². The summed E-state index contributed by atoms with van der Waals surface area (Å²) in [5, 5.41) is 0.980. The molecular formula is C19H14N2O4. The first-order chi connectivity index (χ1) is 12.2. The molecule has 0 radical (unpaired) electrons. The van der Waals surface area contributed by atoms with Gasteiger partial charge in [0.05, 0.1) is 11.0 Å². The number of hydrogen-bond acceptors (Lipinski definition) is 5. The van der Waals surface area contributed by atoms with Crippen LogP contribution in [0.2, 0.25) is 0 Å². The number of nitrogens with zero attached hydrogens (tertiary/aromatic N) is 2. The second-order valence-electron chi connectivity index (χ2n) is 5.57. The summed E-state index contributed by atoms with van der Waals surface area (Å²) in [4.78, 5) is 28.4. The van der Waals surface area contributed by atoms with E-state index < -0.39 is 11.7 Å². The standard InChI is InChI=1S/C19H14N2O4/c22-17(11-21-15-8-1-2-9-16(15)25-19(21)23)24-12-14-6-3-5-13-7-4-10-20-18(13)14/h1-10H,11-12H2. The van der Waals surface area contributed by atoms with Gasteiger partial charge < -0.3 is 9.15 Å². The molecule has 0 N–H and O–H groups in total. The van der Waals surface area contributed by atoms with Crippen molar-refractivity contribution in [2.24, 2.45) is 0 Å². The molecule has 2 aromatic heterocycles. The van der Waals surface area contributed by atoms with Crippen LogP contribution in [0.3, 0.4) is 0 Å². The van der Waals surface area contributed by atoms with Gasteiger partial charge in [0.2, 0.25) is 0 Å². The minimum Gasteiger partial charge on any atom is -0.459 e. The molecular weight excluding hydrogens is 320 g/mol. The van der Waals surface area contributed by atoms with E-state index >= 15 is 0 Å². The molecule has 0 saturated carbocycles. The van der Waals surface area contributed by atoms with E-state index in [9.17, 15) is 9.59 Å². The second-order valence-corrected chi connectivity index (χ2v) is 5.57. The highest BCUT2D eigenvalue weighted by Crippen LogP contribution is 2.17. The number of benzene rings is 2. The van der Waals surface area contributed by atoms with Crippen LogP contribution < -0.4 is 5.76 Å². The number of rotatable bonds is 4. The fourth-order valence-electron chi connectivity index (χ4n) is 2.78. The largest absolute Gasteiger partial charge is 0.459 e. The van der Waals surface area contributed by atoms with Crippen molar-refractivity contribution in [2.75, 3.05) is 0 Å². The molecule has 0 unspecified atom stereocenters. The summed E-state index contributed by atoms with van der Waals surface area (Å²) in [5.74, 6) is -1.09. The number of esters is 1. The number of carbonyl (C=O) groups excluding carboxylic acids is 1. The van der Waals surface area contributed by atoms with Crippen molar-refractivity contribution in [1.82, 2.24) is 9.55 Å². The summed E-state index contributed by atoms with van der Waals surface area (Å²) in [7, 11) is 0. The number of hydrogen-bond donors (Lipinski definition) is 0. The summed E-state index contributed by atoms with van der Waals surface area (Å²) in [6.07, 6.45) is 1.70. The molecule has 0 fully saturated rings. The van der Waals surface area contributed by atoms with Crippen LogP contribution in [0.4, 0.5) is 0 Å². The van der Waals surface area contributed by atoms with E-state index in [1.807, 2.05) is 30.3 Å². The molecule has 6 heteroatoms. The molecule has 4 aromatic rings. The van der Waals surface area contributed by atoms with E-state index in [2.05, 4.69) is 4.98 Å². The molecule has 0 aliphatic carbocycles. The summed E-state index contributed by atoms with van der Waals surface area (Å²) >= 11 is 0. The Morgan fingerprint density at radius 2 is 1.92 bits per heavy atom. The van der Waals surface area contributed by atoms with Crippen LogP contribution in [0.1, 0.15) is 5.56 Å². The third-order valence-corrected chi connectivity index (χ3v) is 3.97. The average molecular weight is 334 g/mol. The van der Waals surface area contributed by atoms with Crippen molar-refractivity contribution in [3.8, 4) is 0 Å². The molecule has 0 aliphatic rings. The van der Waals surface area contributed by atoms with Crippen molar-refractivity contribution < 1.29 is 13.9 Å². The molecule has 0 aliphatic heterocycles. The normalized spacial score (nSPS) is 11.0. The van der Waals surface area contributed by atoms with E-state index in [1.165, 1.54) is 4.57 Å². The maximum absolute atomic E-state index is 12.2. The van der Waals surface area contributed by atoms with Crippen LogP contribution in [-0.2, 0) is 22.7 Å². The number of oxazole rings is 1. The van der Waals surface area contributed by atoms with Gasteiger partial charge in [0, 0.05) is 17.1 Å². The predicted octanol–water partition coefficient (Wildman–Crippen LogP) is 2.89. The fourth-order valence-corrected chi connectivity index (χ4v) is 2.78. The van der Waals surface area contributed by atoms with Crippen molar-refractivity contribution in [1.29, 1.82) is 0 Å². The molecule has 2 aromatic carbocycles. The summed E-state index contributed by atoms with van der Waals surface area (Å²) in [6, 6.07) is 16.5. The van der Waals surface area contributed by atoms with Gasteiger partial charge in [-0.1, -0.05) is 36.4 Å². The smallest absolute Gasteiger partial charge is 0.420 e. The van der Waals surface area contributed by atoms with Crippen molar-refractivity contribution in [3.63, 3.8) is 0 Å². The first kappa shape index (κ1) is 15.1. The third-order valence-electron chi connectivity index (χ3n) is 3.97. The summed E-state index contributed by atoms with van der Waals surface area (Å²) < 4.78 is 11.7. The number of fused-ring (bicyclic) bond motifs is 2. The van der Waals surface area contributed by atoms with Gasteiger partial charge in [-0.25, -0.2) is 4.79 Å². The number of aromatic nitrogens is 2. The van der Waals surface area contributed by atoms with Crippen LogP contribution in [0.15, 0.2) is 70.0 Å². The number of pyridine rings is 1. The molecule has 25 heavy (non-hydrogen) atoms. The minimum atomic E-state index is -0.579. The highest BCUT2D eigenvalue weighted by atomic mass is 16.5. The lowest BCUT2D eigenvalue weighted by Crippen LogP contribution is -2.21. The Hall–Kier alpha value is -3.41. The Kier molecular flexibility index (Phi) is 3.78. The average Bonchev–Trinajstić information content (AvgIpc) is 2.95. The van der Waals surface area contributed by atoms with Crippen LogP contribution in [0.5, 0.6) is 0 Å². The Morgan fingerprint density at radius 1 is 1.08 bits per heavy atom. The Labute approximate surface area is 142 Å². The summed E-state index contributed by atoms with van der Waals surface area (Å²) in [6.45, 7) is -0.105. The Morgan fingerprint density at radius 3 is 2.84 bits per heavy atom. The van der Waals surface area contributed by atoms with Crippen LogP contribution in [-0.4, -0.2) is 15.5 Å². The molecule has 6 nitrogen and oxygen atoms in total. The van der Waals surface area contributed by atoms with E-state index in [0.29, 0.717) is 11.1 Å². The van der Waals surface area contributed by atoms with Crippen LogP contribution >= 0.6 is 0 Å². The van der Waals surface area contributed by atoms with Crippen LogP contribution in [0.25, 0.3) is 22.0 Å². The van der Waals surface area contributed by atoms with Gasteiger partial charge in [-0.05, 0) is 18.2 Å². The van der Waals surface area contributed by atoms with Gasteiger partial charge >= 0.3 is 11.7 Å². The van der Waals surface area contributed by atoms with E-state index in [1.54, 1.807) is 30.5 Å². The van der Waals surface area contributed by atoms with E-state index in [4.69, 9.17) is 9.15 Å². The highest BCUT2D eigenvalue weighted by molar-refractivity contribution is 5.82. The zero-order valence-electron chi connectivity index (χ0n) is 13.2. The SMILES string of the molecule is O=C(Cn1c(=O)oc2ccccc21)OCc1cccc2cccnc12. The fraction of sp³-hybridized carbons (Fsp3) is 0.105. The van der Waals surface area contributed by atoms with Crippen molar-refractivity contribution >= 4 is 28.0 Å². The van der Waals surface area contributed by atoms with Crippen molar-refractivity contribution in [3.05, 3.63) is 76.9 Å². The third kappa shape index (κ3) is 2.89. The quantitative estimate of drug-likeness (QED) is 0.537. The second kappa shape index (κ2) is 6.24. The van der Waals surface area contributed by atoms with Gasteiger partial charge in [-0.3, -0.25) is 14.3 Å². The van der Waals surface area contributed by atoms with E-state index in [-0.39, 0.29) is 13.2 Å². The maximum Gasteiger partial charge on any atom is 0.420 e.